The normalized spacial score (nSPS) is 22.2. The van der Waals surface area contributed by atoms with Crippen LogP contribution in [-0.4, -0.2) is 32.8 Å². The van der Waals surface area contributed by atoms with Crippen LogP contribution >= 0.6 is 0 Å². The van der Waals surface area contributed by atoms with Crippen LogP contribution in [0.3, 0.4) is 0 Å². The predicted molar refractivity (Wildman–Crippen MR) is 99.1 cm³/mol. The second-order valence-electron chi connectivity index (χ2n) is 6.40. The van der Waals surface area contributed by atoms with E-state index in [1.165, 1.54) is 0 Å². The topological polar surface area (TPSA) is 68.8 Å². The maximum absolute atomic E-state index is 12.7. The van der Waals surface area contributed by atoms with Gasteiger partial charge < -0.3 is 24.8 Å². The van der Waals surface area contributed by atoms with E-state index in [4.69, 9.17) is 14.2 Å². The zero-order chi connectivity index (χ0) is 18.3. The lowest BCUT2D eigenvalue weighted by Crippen LogP contribution is -2.42. The van der Waals surface area contributed by atoms with Crippen molar-refractivity contribution in [2.24, 2.45) is 0 Å². The molecule has 0 unspecified atom stereocenters. The van der Waals surface area contributed by atoms with E-state index < -0.39 is 6.04 Å². The molecule has 0 spiro atoms. The van der Waals surface area contributed by atoms with Crippen molar-refractivity contribution >= 4 is 17.3 Å². The van der Waals surface area contributed by atoms with Crippen LogP contribution in [0.2, 0.25) is 0 Å². The highest BCUT2D eigenvalue weighted by Crippen LogP contribution is 2.53. The summed E-state index contributed by atoms with van der Waals surface area (Å²) < 4.78 is 16.2. The van der Waals surface area contributed by atoms with Crippen LogP contribution in [0.1, 0.15) is 30.0 Å². The molecule has 6 heteroatoms. The van der Waals surface area contributed by atoms with Crippen LogP contribution in [0.4, 0.5) is 11.4 Å². The first-order valence-corrected chi connectivity index (χ1v) is 8.72. The van der Waals surface area contributed by atoms with Gasteiger partial charge in [-0.2, -0.15) is 0 Å². The molecule has 0 bridgehead atoms. The molecule has 0 aromatic heterocycles. The summed E-state index contributed by atoms with van der Waals surface area (Å²) in [6.45, 7) is 2.17. The van der Waals surface area contributed by atoms with Crippen molar-refractivity contribution in [2.45, 2.75) is 24.9 Å². The van der Waals surface area contributed by atoms with E-state index >= 15 is 0 Å². The number of esters is 1. The van der Waals surface area contributed by atoms with Gasteiger partial charge in [-0.15, -0.1) is 0 Å². The Labute approximate surface area is 152 Å². The average Bonchev–Trinajstić information content (AvgIpc) is 3.06. The van der Waals surface area contributed by atoms with Crippen LogP contribution in [0.5, 0.6) is 11.5 Å². The van der Waals surface area contributed by atoms with Gasteiger partial charge in [-0.05, 0) is 24.6 Å². The second kappa shape index (κ2) is 6.44. The van der Waals surface area contributed by atoms with E-state index in [2.05, 4.69) is 16.7 Å². The lowest BCUT2D eigenvalue weighted by atomic mass is 9.80. The number of fused-ring (bicyclic) bond motifs is 5. The Morgan fingerprint density at radius 1 is 1.00 bits per heavy atom. The van der Waals surface area contributed by atoms with Gasteiger partial charge in [0.05, 0.1) is 26.9 Å². The predicted octanol–water partition coefficient (Wildman–Crippen LogP) is 3.31. The van der Waals surface area contributed by atoms with Crippen molar-refractivity contribution in [2.75, 3.05) is 31.5 Å². The van der Waals surface area contributed by atoms with Crippen molar-refractivity contribution in [3.63, 3.8) is 0 Å². The zero-order valence-corrected chi connectivity index (χ0v) is 15.0. The maximum atomic E-state index is 12.7. The minimum Gasteiger partial charge on any atom is -0.493 e. The second-order valence-corrected chi connectivity index (χ2v) is 6.40. The third-order valence-electron chi connectivity index (χ3n) is 5.09. The van der Waals surface area contributed by atoms with Crippen molar-refractivity contribution in [1.29, 1.82) is 0 Å². The van der Waals surface area contributed by atoms with Crippen LogP contribution < -0.4 is 20.1 Å². The summed E-state index contributed by atoms with van der Waals surface area (Å²) in [5, 5.41) is 6.93. The highest BCUT2D eigenvalue weighted by atomic mass is 16.5. The summed E-state index contributed by atoms with van der Waals surface area (Å²) in [6, 6.07) is 11.4. The number of carbonyl (C=O) groups is 1. The summed E-state index contributed by atoms with van der Waals surface area (Å²) in [7, 11) is 3.22. The summed E-state index contributed by atoms with van der Waals surface area (Å²) in [5.41, 5.74) is 4.05. The molecular formula is C20H22N2O4. The average molecular weight is 354 g/mol. The lowest BCUT2D eigenvalue weighted by Gasteiger charge is -2.36. The van der Waals surface area contributed by atoms with E-state index in [-0.39, 0.29) is 17.9 Å². The van der Waals surface area contributed by atoms with Crippen LogP contribution in [0, 0.1) is 0 Å². The van der Waals surface area contributed by atoms with Crippen molar-refractivity contribution in [3.05, 3.63) is 47.5 Å². The summed E-state index contributed by atoms with van der Waals surface area (Å²) in [6.07, 6.45) is 0. The molecule has 0 radical (unpaired) electrons. The van der Waals surface area contributed by atoms with Gasteiger partial charge in [0.2, 0.25) is 0 Å². The van der Waals surface area contributed by atoms with E-state index in [0.717, 1.165) is 22.5 Å². The largest absolute Gasteiger partial charge is 0.493 e. The molecule has 2 aliphatic heterocycles. The SMILES string of the molecule is CCOC(=O)[C@H]1Nc2cc(OC)c(OC)cc2[C@@H]2Nc3ccccc3[C@H]12. The molecule has 6 nitrogen and oxygen atoms in total. The Morgan fingerprint density at radius 2 is 1.73 bits per heavy atom. The van der Waals surface area contributed by atoms with Gasteiger partial charge in [0.15, 0.2) is 11.5 Å². The maximum Gasteiger partial charge on any atom is 0.329 e. The minimum atomic E-state index is -0.471. The number of para-hydroxylation sites is 1. The van der Waals surface area contributed by atoms with Crippen molar-refractivity contribution in [3.8, 4) is 11.5 Å². The van der Waals surface area contributed by atoms with Gasteiger partial charge in [-0.3, -0.25) is 0 Å². The molecule has 3 atom stereocenters. The quantitative estimate of drug-likeness (QED) is 0.821. The zero-order valence-electron chi connectivity index (χ0n) is 15.0. The standard InChI is InChI=1S/C20H22N2O4/c1-4-26-20(23)19-17-11-7-5-6-8-13(11)21-18(17)12-9-15(24-2)16(25-3)10-14(12)22-19/h5-10,17-19,21-22H,4H2,1-3H3/t17-,18-,19-/m0/s1. The Morgan fingerprint density at radius 3 is 2.46 bits per heavy atom. The monoisotopic (exact) mass is 354 g/mol. The molecule has 0 saturated carbocycles. The molecule has 2 aromatic rings. The molecule has 2 heterocycles. The number of benzene rings is 2. The fraction of sp³-hybridized carbons (Fsp3) is 0.350. The summed E-state index contributed by atoms with van der Waals surface area (Å²) in [5.74, 6) is 0.978. The van der Waals surface area contributed by atoms with Gasteiger partial charge in [0.25, 0.3) is 0 Å². The highest BCUT2D eigenvalue weighted by molar-refractivity contribution is 5.86. The number of carbonyl (C=O) groups excluding carboxylic acids is 1. The first kappa shape index (κ1) is 16.6. The van der Waals surface area contributed by atoms with Crippen LogP contribution in [0.25, 0.3) is 0 Å². The van der Waals surface area contributed by atoms with Gasteiger partial charge >= 0.3 is 5.97 Å². The Balaban J connectivity index is 1.85. The first-order chi connectivity index (χ1) is 12.7. The molecule has 136 valence electrons. The Kier molecular flexibility index (Phi) is 4.11. The Bertz CT molecular complexity index is 852. The molecule has 0 aliphatic carbocycles. The molecule has 2 aliphatic rings. The Hall–Kier alpha value is -2.89. The number of anilines is 2. The molecule has 2 aromatic carbocycles. The number of rotatable bonds is 4. The van der Waals surface area contributed by atoms with Gasteiger partial charge in [0.1, 0.15) is 6.04 Å². The van der Waals surface area contributed by atoms with Crippen molar-refractivity contribution < 1.29 is 19.0 Å². The third kappa shape index (κ3) is 2.44. The molecule has 2 N–H and O–H groups in total. The molecule has 0 saturated heterocycles. The number of nitrogens with one attached hydrogen (secondary N) is 2. The number of hydrogen-bond donors (Lipinski definition) is 2. The summed E-state index contributed by atoms with van der Waals surface area (Å²) in [4.78, 5) is 12.7. The number of methoxy groups -OCH3 is 2. The first-order valence-electron chi connectivity index (χ1n) is 8.72. The lowest BCUT2D eigenvalue weighted by molar-refractivity contribution is -0.144. The molecular weight excluding hydrogens is 332 g/mol. The van der Waals surface area contributed by atoms with Gasteiger partial charge in [-0.1, -0.05) is 18.2 Å². The van der Waals surface area contributed by atoms with Gasteiger partial charge in [0, 0.05) is 28.9 Å². The highest BCUT2D eigenvalue weighted by Gasteiger charge is 2.46. The van der Waals surface area contributed by atoms with Crippen molar-refractivity contribution in [1.82, 2.24) is 0 Å². The van der Waals surface area contributed by atoms with E-state index in [9.17, 15) is 4.79 Å². The molecule has 4 rings (SSSR count). The van der Waals surface area contributed by atoms with Crippen LogP contribution in [0.15, 0.2) is 36.4 Å². The number of ether oxygens (including phenoxy) is 3. The fourth-order valence-corrected chi connectivity index (χ4v) is 3.97. The van der Waals surface area contributed by atoms with E-state index in [0.29, 0.717) is 18.1 Å². The smallest absolute Gasteiger partial charge is 0.329 e. The fourth-order valence-electron chi connectivity index (χ4n) is 3.97. The number of hydrogen-bond acceptors (Lipinski definition) is 6. The molecule has 0 amide bonds. The third-order valence-corrected chi connectivity index (χ3v) is 5.09. The summed E-state index contributed by atoms with van der Waals surface area (Å²) >= 11 is 0. The molecule has 26 heavy (non-hydrogen) atoms. The van der Waals surface area contributed by atoms with E-state index in [1.807, 2.05) is 37.3 Å². The van der Waals surface area contributed by atoms with E-state index in [1.54, 1.807) is 14.2 Å². The van der Waals surface area contributed by atoms with Crippen LogP contribution in [-0.2, 0) is 9.53 Å². The minimum absolute atomic E-state index is 0.0436. The van der Waals surface area contributed by atoms with Gasteiger partial charge in [-0.25, -0.2) is 4.79 Å². The molecule has 0 fully saturated rings.